The van der Waals surface area contributed by atoms with Gasteiger partial charge in [-0.05, 0) is 42.7 Å². The SMILES string of the molecule is CN=C(NCc1nc(-c2ccc(OC)cc2)n[nH]1)NCC1(c2ccccc2)CCC1.I. The zero-order valence-corrected chi connectivity index (χ0v) is 20.2. The van der Waals surface area contributed by atoms with Crippen LogP contribution in [0.25, 0.3) is 11.4 Å². The van der Waals surface area contributed by atoms with Crippen molar-refractivity contribution in [2.75, 3.05) is 20.7 Å². The van der Waals surface area contributed by atoms with Gasteiger partial charge in [0.1, 0.15) is 11.6 Å². The van der Waals surface area contributed by atoms with E-state index >= 15 is 0 Å². The number of halogens is 1. The van der Waals surface area contributed by atoms with Crippen molar-refractivity contribution in [3.05, 3.63) is 66.0 Å². The molecule has 1 saturated carbocycles. The summed E-state index contributed by atoms with van der Waals surface area (Å²) in [7, 11) is 3.44. The number of aromatic amines is 1. The van der Waals surface area contributed by atoms with Crippen molar-refractivity contribution in [2.24, 2.45) is 4.99 Å². The highest BCUT2D eigenvalue weighted by Gasteiger charge is 2.38. The molecule has 0 atom stereocenters. The number of benzene rings is 2. The molecule has 0 amide bonds. The second kappa shape index (κ2) is 10.6. The van der Waals surface area contributed by atoms with Gasteiger partial charge in [0.25, 0.3) is 0 Å². The lowest BCUT2D eigenvalue weighted by Gasteiger charge is -2.43. The molecular weight excluding hydrogens is 503 g/mol. The van der Waals surface area contributed by atoms with Crippen LogP contribution >= 0.6 is 24.0 Å². The molecule has 31 heavy (non-hydrogen) atoms. The van der Waals surface area contributed by atoms with Crippen LogP contribution in [-0.2, 0) is 12.0 Å². The van der Waals surface area contributed by atoms with Gasteiger partial charge >= 0.3 is 0 Å². The van der Waals surface area contributed by atoms with E-state index in [-0.39, 0.29) is 29.4 Å². The number of methoxy groups -OCH3 is 1. The van der Waals surface area contributed by atoms with Gasteiger partial charge in [0, 0.05) is 24.6 Å². The summed E-state index contributed by atoms with van der Waals surface area (Å²) >= 11 is 0. The molecule has 164 valence electrons. The minimum atomic E-state index is 0. The fourth-order valence-corrected chi connectivity index (χ4v) is 3.85. The third-order valence-electron chi connectivity index (χ3n) is 5.82. The third-order valence-corrected chi connectivity index (χ3v) is 5.82. The van der Waals surface area contributed by atoms with Crippen molar-refractivity contribution in [2.45, 2.75) is 31.2 Å². The summed E-state index contributed by atoms with van der Waals surface area (Å²) in [6.45, 7) is 1.38. The largest absolute Gasteiger partial charge is 0.497 e. The Morgan fingerprint density at radius 1 is 1.10 bits per heavy atom. The molecule has 8 heteroatoms. The Hall–Kier alpha value is -2.62. The van der Waals surface area contributed by atoms with Crippen LogP contribution in [0.15, 0.2) is 59.6 Å². The lowest BCUT2D eigenvalue weighted by molar-refractivity contribution is 0.244. The highest BCUT2D eigenvalue weighted by atomic mass is 127. The Morgan fingerprint density at radius 3 is 2.45 bits per heavy atom. The fraction of sp³-hybridized carbons (Fsp3) is 0.348. The van der Waals surface area contributed by atoms with Crippen LogP contribution in [0.5, 0.6) is 5.75 Å². The highest BCUT2D eigenvalue weighted by Crippen LogP contribution is 2.43. The van der Waals surface area contributed by atoms with Crippen molar-refractivity contribution in [1.82, 2.24) is 25.8 Å². The fourth-order valence-electron chi connectivity index (χ4n) is 3.85. The van der Waals surface area contributed by atoms with Crippen LogP contribution in [0.4, 0.5) is 0 Å². The molecule has 1 aliphatic carbocycles. The first kappa shape index (κ1) is 23.1. The van der Waals surface area contributed by atoms with Gasteiger partial charge < -0.3 is 15.4 Å². The maximum Gasteiger partial charge on any atom is 0.191 e. The molecule has 1 aliphatic rings. The number of hydrogen-bond acceptors (Lipinski definition) is 4. The minimum Gasteiger partial charge on any atom is -0.497 e. The zero-order valence-electron chi connectivity index (χ0n) is 17.9. The minimum absolute atomic E-state index is 0. The Kier molecular flexibility index (Phi) is 7.89. The molecule has 0 unspecified atom stereocenters. The molecule has 0 radical (unpaired) electrons. The van der Waals surface area contributed by atoms with Gasteiger partial charge in [-0.15, -0.1) is 24.0 Å². The van der Waals surface area contributed by atoms with Crippen molar-refractivity contribution in [1.29, 1.82) is 0 Å². The first-order valence-electron chi connectivity index (χ1n) is 10.3. The van der Waals surface area contributed by atoms with Crippen molar-refractivity contribution in [3.8, 4) is 17.1 Å². The van der Waals surface area contributed by atoms with Crippen LogP contribution in [0.2, 0.25) is 0 Å². The van der Waals surface area contributed by atoms with Gasteiger partial charge in [-0.1, -0.05) is 36.8 Å². The van der Waals surface area contributed by atoms with E-state index < -0.39 is 0 Å². The first-order chi connectivity index (χ1) is 14.7. The van der Waals surface area contributed by atoms with Crippen LogP contribution in [0, 0.1) is 0 Å². The van der Waals surface area contributed by atoms with E-state index in [1.54, 1.807) is 14.2 Å². The average Bonchev–Trinajstić information content (AvgIpc) is 3.25. The molecule has 0 bridgehead atoms. The molecule has 7 nitrogen and oxygen atoms in total. The van der Waals surface area contributed by atoms with E-state index in [2.05, 4.69) is 61.1 Å². The number of nitrogens with zero attached hydrogens (tertiary/aromatic N) is 3. The maximum atomic E-state index is 5.20. The number of H-pyrrole nitrogens is 1. The summed E-state index contributed by atoms with van der Waals surface area (Å²) < 4.78 is 5.20. The molecule has 0 saturated heterocycles. The lowest BCUT2D eigenvalue weighted by atomic mass is 9.64. The predicted octanol–water partition coefficient (Wildman–Crippen LogP) is 3.89. The van der Waals surface area contributed by atoms with Crippen molar-refractivity contribution in [3.63, 3.8) is 0 Å². The molecule has 4 rings (SSSR count). The summed E-state index contributed by atoms with van der Waals surface area (Å²) in [5.41, 5.74) is 2.54. The predicted molar refractivity (Wildman–Crippen MR) is 134 cm³/mol. The first-order valence-corrected chi connectivity index (χ1v) is 10.3. The topological polar surface area (TPSA) is 87.2 Å². The highest BCUT2D eigenvalue weighted by molar-refractivity contribution is 14.0. The summed E-state index contributed by atoms with van der Waals surface area (Å²) in [6.07, 6.45) is 3.68. The lowest BCUT2D eigenvalue weighted by Crippen LogP contribution is -2.48. The summed E-state index contributed by atoms with van der Waals surface area (Å²) in [5, 5.41) is 14.1. The summed E-state index contributed by atoms with van der Waals surface area (Å²) in [4.78, 5) is 8.93. The number of nitrogens with one attached hydrogen (secondary N) is 3. The van der Waals surface area contributed by atoms with Crippen LogP contribution in [0.3, 0.4) is 0 Å². The van der Waals surface area contributed by atoms with E-state index in [4.69, 9.17) is 4.74 Å². The average molecular weight is 532 g/mol. The summed E-state index contributed by atoms with van der Waals surface area (Å²) in [6, 6.07) is 18.5. The Balaban J connectivity index is 0.00000272. The normalized spacial score (nSPS) is 14.8. The zero-order chi connectivity index (χ0) is 20.8. The standard InChI is InChI=1S/C23H28N6O.HI/c1-24-22(26-16-23(13-6-14-23)18-7-4-3-5-8-18)25-15-20-27-21(29-28-20)17-9-11-19(30-2)12-10-17;/h3-5,7-12H,6,13-16H2,1-2H3,(H2,24,25,26)(H,27,28,29);1H. The Morgan fingerprint density at radius 2 is 1.84 bits per heavy atom. The second-order valence-electron chi connectivity index (χ2n) is 7.61. The van der Waals surface area contributed by atoms with Gasteiger partial charge in [-0.3, -0.25) is 10.1 Å². The van der Waals surface area contributed by atoms with Gasteiger partial charge in [0.2, 0.25) is 0 Å². The van der Waals surface area contributed by atoms with Crippen LogP contribution < -0.4 is 15.4 Å². The van der Waals surface area contributed by atoms with E-state index in [0.717, 1.165) is 29.6 Å². The number of hydrogen-bond donors (Lipinski definition) is 3. The molecular formula is C23H29IN6O. The van der Waals surface area contributed by atoms with Crippen LogP contribution in [0.1, 0.15) is 30.7 Å². The van der Waals surface area contributed by atoms with Gasteiger partial charge in [-0.25, -0.2) is 4.98 Å². The van der Waals surface area contributed by atoms with E-state index in [9.17, 15) is 0 Å². The molecule has 0 aliphatic heterocycles. The van der Waals surface area contributed by atoms with Crippen LogP contribution in [-0.4, -0.2) is 41.8 Å². The van der Waals surface area contributed by atoms with Gasteiger partial charge in [0.05, 0.1) is 13.7 Å². The molecule has 1 fully saturated rings. The summed E-state index contributed by atoms with van der Waals surface area (Å²) in [5.74, 6) is 2.99. The van der Waals surface area contributed by atoms with E-state index in [1.807, 2.05) is 24.3 Å². The maximum absolute atomic E-state index is 5.20. The molecule has 2 aromatic carbocycles. The number of aromatic nitrogens is 3. The second-order valence-corrected chi connectivity index (χ2v) is 7.61. The molecule has 3 aromatic rings. The quantitative estimate of drug-likeness (QED) is 0.244. The number of rotatable bonds is 7. The molecule has 3 N–H and O–H groups in total. The number of guanidine groups is 1. The molecule has 0 spiro atoms. The van der Waals surface area contributed by atoms with Crippen molar-refractivity contribution < 1.29 is 4.74 Å². The number of ether oxygens (including phenoxy) is 1. The van der Waals surface area contributed by atoms with E-state index in [0.29, 0.717) is 12.4 Å². The van der Waals surface area contributed by atoms with Crippen molar-refractivity contribution >= 4 is 29.9 Å². The monoisotopic (exact) mass is 532 g/mol. The Bertz CT molecular complexity index is 983. The van der Waals surface area contributed by atoms with E-state index in [1.165, 1.54) is 24.8 Å². The van der Waals surface area contributed by atoms with Gasteiger partial charge in [-0.2, -0.15) is 5.10 Å². The number of aliphatic imine (C=N–C) groups is 1. The molecule has 1 aromatic heterocycles. The third kappa shape index (κ3) is 5.36. The smallest absolute Gasteiger partial charge is 0.191 e. The Labute approximate surface area is 200 Å². The van der Waals surface area contributed by atoms with Gasteiger partial charge in [0.15, 0.2) is 11.8 Å². The molecule has 1 heterocycles.